The van der Waals surface area contributed by atoms with Crippen LogP contribution in [0.1, 0.15) is 51.6 Å². The Hall–Kier alpha value is -2.01. The molecule has 1 aromatic heterocycles. The van der Waals surface area contributed by atoms with E-state index >= 15 is 0 Å². The van der Waals surface area contributed by atoms with Gasteiger partial charge in [0.2, 0.25) is 0 Å². The molecule has 26 heavy (non-hydrogen) atoms. The van der Waals surface area contributed by atoms with E-state index < -0.39 is 5.60 Å². The highest BCUT2D eigenvalue weighted by atomic mass is 32.2. The van der Waals surface area contributed by atoms with Gasteiger partial charge in [-0.2, -0.15) is 0 Å². The van der Waals surface area contributed by atoms with Crippen LogP contribution in [0.3, 0.4) is 0 Å². The fraction of sp³-hybridized carbons (Fsp3) is 0.429. The molecule has 5 heteroatoms. The Labute approximate surface area is 160 Å². The van der Waals surface area contributed by atoms with Gasteiger partial charge in [0.1, 0.15) is 10.6 Å². The predicted octanol–water partition coefficient (Wildman–Crippen LogP) is 5.69. The summed E-state index contributed by atoms with van der Waals surface area (Å²) >= 11 is 1.64. The van der Waals surface area contributed by atoms with E-state index in [-0.39, 0.29) is 12.1 Å². The average Bonchev–Trinajstić information content (AvgIpc) is 2.62. The number of rotatable bonds is 3. The number of ether oxygens (including phenoxy) is 1. The zero-order chi connectivity index (χ0) is 18.6. The number of piperidine rings is 1. The Balaban J connectivity index is 1.87. The van der Waals surface area contributed by atoms with Gasteiger partial charge in [-0.05, 0) is 58.2 Å². The van der Waals surface area contributed by atoms with Crippen molar-refractivity contribution in [2.45, 2.75) is 61.6 Å². The van der Waals surface area contributed by atoms with Crippen molar-refractivity contribution in [2.75, 3.05) is 6.54 Å². The Bertz CT molecular complexity index is 743. The van der Waals surface area contributed by atoms with E-state index in [9.17, 15) is 4.79 Å². The zero-order valence-corrected chi connectivity index (χ0v) is 16.5. The van der Waals surface area contributed by atoms with Crippen molar-refractivity contribution in [2.24, 2.45) is 0 Å². The molecule has 3 rings (SSSR count). The molecular weight excluding hydrogens is 344 g/mol. The summed E-state index contributed by atoms with van der Waals surface area (Å²) in [6.45, 7) is 6.45. The minimum absolute atomic E-state index is 0.0125. The van der Waals surface area contributed by atoms with Crippen molar-refractivity contribution in [1.29, 1.82) is 0 Å². The van der Waals surface area contributed by atoms with Crippen molar-refractivity contribution in [3.8, 4) is 0 Å². The van der Waals surface area contributed by atoms with Crippen LogP contribution in [-0.2, 0) is 4.74 Å². The Morgan fingerprint density at radius 1 is 1.15 bits per heavy atom. The van der Waals surface area contributed by atoms with Gasteiger partial charge in [0, 0.05) is 23.2 Å². The number of hydrogen-bond donors (Lipinski definition) is 0. The normalized spacial score (nSPS) is 17.8. The fourth-order valence-corrected chi connectivity index (χ4v) is 4.09. The van der Waals surface area contributed by atoms with Crippen molar-refractivity contribution < 1.29 is 9.53 Å². The first kappa shape index (κ1) is 18.8. The second-order valence-corrected chi connectivity index (χ2v) is 8.56. The third-order valence-corrected chi connectivity index (χ3v) is 5.29. The second-order valence-electron chi connectivity index (χ2n) is 7.50. The molecule has 1 atom stereocenters. The molecule has 1 fully saturated rings. The highest BCUT2D eigenvalue weighted by Gasteiger charge is 2.33. The third-order valence-electron chi connectivity index (χ3n) is 4.25. The van der Waals surface area contributed by atoms with Crippen LogP contribution >= 0.6 is 11.8 Å². The predicted molar refractivity (Wildman–Crippen MR) is 104 cm³/mol. The van der Waals surface area contributed by atoms with Crippen LogP contribution in [0, 0.1) is 0 Å². The number of pyridine rings is 1. The van der Waals surface area contributed by atoms with Crippen LogP contribution in [0.2, 0.25) is 0 Å². The molecule has 0 radical (unpaired) electrons. The summed E-state index contributed by atoms with van der Waals surface area (Å²) in [5.41, 5.74) is 0.613. The maximum absolute atomic E-state index is 12.7. The molecule has 0 aliphatic carbocycles. The highest BCUT2D eigenvalue weighted by molar-refractivity contribution is 7.99. The van der Waals surface area contributed by atoms with E-state index in [0.717, 1.165) is 41.3 Å². The molecule has 1 saturated heterocycles. The first-order chi connectivity index (χ1) is 12.4. The molecule has 0 unspecified atom stereocenters. The van der Waals surface area contributed by atoms with Crippen LogP contribution in [-0.4, -0.2) is 28.1 Å². The molecular formula is C21H26N2O2S. The van der Waals surface area contributed by atoms with Crippen molar-refractivity contribution in [3.63, 3.8) is 0 Å². The lowest BCUT2D eigenvalue weighted by Crippen LogP contribution is -2.42. The summed E-state index contributed by atoms with van der Waals surface area (Å²) in [4.78, 5) is 20.4. The minimum atomic E-state index is -0.490. The van der Waals surface area contributed by atoms with Crippen molar-refractivity contribution >= 4 is 17.9 Å². The van der Waals surface area contributed by atoms with Gasteiger partial charge >= 0.3 is 6.09 Å². The van der Waals surface area contributed by atoms with Crippen molar-refractivity contribution in [1.82, 2.24) is 9.88 Å². The van der Waals surface area contributed by atoms with Crippen LogP contribution in [0.4, 0.5) is 4.79 Å². The van der Waals surface area contributed by atoms with Gasteiger partial charge in [-0.25, -0.2) is 9.78 Å². The van der Waals surface area contributed by atoms with Gasteiger partial charge in [-0.1, -0.05) is 36.0 Å². The van der Waals surface area contributed by atoms with Gasteiger partial charge < -0.3 is 9.64 Å². The largest absolute Gasteiger partial charge is 0.444 e. The minimum Gasteiger partial charge on any atom is -0.444 e. The molecule has 0 N–H and O–H groups in total. The van der Waals surface area contributed by atoms with Gasteiger partial charge in [-0.3, -0.25) is 0 Å². The molecule has 4 nitrogen and oxygen atoms in total. The molecule has 0 bridgehead atoms. The lowest BCUT2D eigenvalue weighted by Gasteiger charge is -2.37. The number of likely N-dealkylation sites (tertiary alicyclic amines) is 1. The first-order valence-corrected chi connectivity index (χ1v) is 9.93. The third kappa shape index (κ3) is 4.79. The van der Waals surface area contributed by atoms with E-state index in [1.54, 1.807) is 11.8 Å². The highest BCUT2D eigenvalue weighted by Crippen LogP contribution is 2.38. The quantitative estimate of drug-likeness (QED) is 0.695. The fourth-order valence-electron chi connectivity index (χ4n) is 3.14. The summed E-state index contributed by atoms with van der Waals surface area (Å²) in [6, 6.07) is 14.3. The molecule has 1 aliphatic heterocycles. The lowest BCUT2D eigenvalue weighted by molar-refractivity contribution is 0.00915. The molecule has 1 aliphatic rings. The van der Waals surface area contributed by atoms with E-state index in [2.05, 4.69) is 23.2 Å². The topological polar surface area (TPSA) is 42.4 Å². The van der Waals surface area contributed by atoms with E-state index in [1.807, 2.05) is 56.1 Å². The maximum atomic E-state index is 12.7. The van der Waals surface area contributed by atoms with E-state index in [0.29, 0.717) is 0 Å². The summed E-state index contributed by atoms with van der Waals surface area (Å²) in [7, 11) is 0. The van der Waals surface area contributed by atoms with E-state index in [4.69, 9.17) is 4.74 Å². The van der Waals surface area contributed by atoms with Crippen LogP contribution in [0.25, 0.3) is 0 Å². The van der Waals surface area contributed by atoms with Crippen molar-refractivity contribution in [3.05, 3.63) is 54.2 Å². The number of hydrogen-bond acceptors (Lipinski definition) is 4. The number of benzene rings is 1. The summed E-state index contributed by atoms with van der Waals surface area (Å²) < 4.78 is 5.65. The van der Waals surface area contributed by atoms with Crippen LogP contribution in [0.5, 0.6) is 0 Å². The smallest absolute Gasteiger partial charge is 0.410 e. The number of carbonyl (C=O) groups is 1. The van der Waals surface area contributed by atoms with E-state index in [1.165, 1.54) is 0 Å². The van der Waals surface area contributed by atoms with Gasteiger partial charge in [-0.15, -0.1) is 0 Å². The molecule has 0 spiro atoms. The Kier molecular flexibility index (Phi) is 5.87. The number of aromatic nitrogens is 1. The summed E-state index contributed by atoms with van der Waals surface area (Å²) in [5.74, 6) is 0. The number of amides is 1. The standard InChI is InChI=1S/C21H26N2O2S/c1-21(2,3)25-20(24)23-15-8-7-13-18(23)17-12-9-14-22-19(17)26-16-10-5-4-6-11-16/h4-6,9-12,14,18H,7-8,13,15H2,1-3H3/t18-/m0/s1. The number of carbonyl (C=O) groups excluding carboxylic acids is 1. The monoisotopic (exact) mass is 370 g/mol. The molecule has 138 valence electrons. The van der Waals surface area contributed by atoms with Gasteiger partial charge in [0.05, 0.1) is 6.04 Å². The van der Waals surface area contributed by atoms with Crippen LogP contribution < -0.4 is 0 Å². The average molecular weight is 371 g/mol. The van der Waals surface area contributed by atoms with Crippen LogP contribution in [0.15, 0.2) is 58.6 Å². The summed E-state index contributed by atoms with van der Waals surface area (Å²) in [6.07, 6.45) is 4.63. The van der Waals surface area contributed by atoms with Gasteiger partial charge in [0.15, 0.2) is 0 Å². The molecule has 1 amide bonds. The Morgan fingerprint density at radius 2 is 1.92 bits per heavy atom. The molecule has 2 heterocycles. The Morgan fingerprint density at radius 3 is 2.65 bits per heavy atom. The number of nitrogens with zero attached hydrogens (tertiary/aromatic N) is 2. The first-order valence-electron chi connectivity index (χ1n) is 9.11. The molecule has 0 saturated carbocycles. The summed E-state index contributed by atoms with van der Waals surface area (Å²) in [5, 5.41) is 0.958. The second kappa shape index (κ2) is 8.12. The molecule has 1 aromatic carbocycles. The maximum Gasteiger partial charge on any atom is 0.410 e. The van der Waals surface area contributed by atoms with Gasteiger partial charge in [0.25, 0.3) is 0 Å². The zero-order valence-electron chi connectivity index (χ0n) is 15.6. The molecule has 2 aromatic rings. The lowest BCUT2D eigenvalue weighted by atomic mass is 9.97. The SMILES string of the molecule is CC(C)(C)OC(=O)N1CCCC[C@H]1c1cccnc1Sc1ccccc1.